The number of carbonyl (C=O) groups excluding carboxylic acids is 1. The Labute approximate surface area is 197 Å². The monoisotopic (exact) mass is 486 g/mol. The van der Waals surface area contributed by atoms with Crippen molar-refractivity contribution < 1.29 is 22.7 Å². The van der Waals surface area contributed by atoms with Crippen LogP contribution < -0.4 is 19.1 Å². The second kappa shape index (κ2) is 9.33. The van der Waals surface area contributed by atoms with Gasteiger partial charge in [0.2, 0.25) is 5.91 Å². The number of carbonyl (C=O) groups is 1. The second-order valence-electron chi connectivity index (χ2n) is 7.66. The van der Waals surface area contributed by atoms with Crippen LogP contribution in [0, 0.1) is 13.8 Å². The molecular weight excluding hydrogens is 464 g/mol. The number of benzene rings is 3. The summed E-state index contributed by atoms with van der Waals surface area (Å²) in [5.41, 5.74) is 2.41. The Balaban J connectivity index is 1.64. The number of aryl methyl sites for hydroxylation is 2. The van der Waals surface area contributed by atoms with E-state index in [0.717, 1.165) is 9.87 Å². The highest BCUT2D eigenvalue weighted by molar-refractivity contribution is 7.92. The van der Waals surface area contributed by atoms with Crippen molar-refractivity contribution in [1.82, 2.24) is 0 Å². The lowest BCUT2D eigenvalue weighted by molar-refractivity contribution is -0.114. The van der Waals surface area contributed by atoms with E-state index in [4.69, 9.17) is 21.1 Å². The van der Waals surface area contributed by atoms with E-state index in [0.29, 0.717) is 46.7 Å². The van der Waals surface area contributed by atoms with Crippen LogP contribution in [0.25, 0.3) is 0 Å². The van der Waals surface area contributed by atoms with Crippen LogP contribution in [0.15, 0.2) is 65.6 Å². The largest absolute Gasteiger partial charge is 0.486 e. The number of anilines is 2. The smallest absolute Gasteiger partial charge is 0.264 e. The van der Waals surface area contributed by atoms with E-state index in [9.17, 15) is 13.2 Å². The molecule has 0 aliphatic carbocycles. The number of hydrogen-bond donors (Lipinski definition) is 1. The fourth-order valence-electron chi connectivity index (χ4n) is 3.49. The molecule has 0 bridgehead atoms. The summed E-state index contributed by atoms with van der Waals surface area (Å²) in [6, 6.07) is 16.4. The molecule has 4 rings (SSSR count). The Morgan fingerprint density at radius 3 is 2.36 bits per heavy atom. The molecule has 0 radical (unpaired) electrons. The third kappa shape index (κ3) is 5.07. The van der Waals surface area contributed by atoms with Gasteiger partial charge in [-0.1, -0.05) is 29.3 Å². The summed E-state index contributed by atoms with van der Waals surface area (Å²) in [7, 11) is -4.02. The lowest BCUT2D eigenvalue weighted by Crippen LogP contribution is -2.38. The predicted molar refractivity (Wildman–Crippen MR) is 128 cm³/mol. The normalized spacial score (nSPS) is 12.8. The molecule has 9 heteroatoms. The van der Waals surface area contributed by atoms with Crippen molar-refractivity contribution in [3.63, 3.8) is 0 Å². The zero-order chi connectivity index (χ0) is 23.6. The lowest BCUT2D eigenvalue weighted by atomic mass is 10.2. The minimum Gasteiger partial charge on any atom is -0.486 e. The van der Waals surface area contributed by atoms with Gasteiger partial charge in [0.25, 0.3) is 10.0 Å². The van der Waals surface area contributed by atoms with E-state index in [1.54, 1.807) is 55.5 Å². The van der Waals surface area contributed by atoms with Gasteiger partial charge in [0.15, 0.2) is 11.5 Å². The minimum absolute atomic E-state index is 0.0922. The summed E-state index contributed by atoms with van der Waals surface area (Å²) < 4.78 is 39.2. The summed E-state index contributed by atoms with van der Waals surface area (Å²) in [6.07, 6.45) is 0. The maximum atomic E-state index is 13.5. The number of sulfonamides is 1. The average molecular weight is 487 g/mol. The van der Waals surface area contributed by atoms with Gasteiger partial charge in [-0.2, -0.15) is 0 Å². The molecule has 3 aromatic rings. The Kier molecular flexibility index (Phi) is 6.49. The van der Waals surface area contributed by atoms with Crippen LogP contribution in [0.4, 0.5) is 11.4 Å². The Bertz CT molecular complexity index is 1290. The molecular formula is C24H23ClN2O5S. The summed E-state index contributed by atoms with van der Waals surface area (Å²) in [4.78, 5) is 13.1. The SMILES string of the molecule is Cc1ccc(S(=O)(=O)N(CC(=O)Nc2ccc3c(c2)OCCO3)c2ccc(Cl)cc2C)cc1. The van der Waals surface area contributed by atoms with E-state index in [2.05, 4.69) is 5.32 Å². The molecule has 0 aromatic heterocycles. The van der Waals surface area contributed by atoms with Crippen LogP contribution in [0.3, 0.4) is 0 Å². The van der Waals surface area contributed by atoms with Gasteiger partial charge in [-0.05, 0) is 61.9 Å². The third-order valence-corrected chi connectivity index (χ3v) is 7.16. The van der Waals surface area contributed by atoms with E-state index in [-0.39, 0.29) is 4.90 Å². The van der Waals surface area contributed by atoms with E-state index in [1.807, 2.05) is 6.92 Å². The summed E-state index contributed by atoms with van der Waals surface area (Å²) in [5, 5.41) is 3.23. The maximum absolute atomic E-state index is 13.5. The number of halogens is 1. The van der Waals surface area contributed by atoms with Gasteiger partial charge < -0.3 is 14.8 Å². The molecule has 0 saturated carbocycles. The molecule has 0 atom stereocenters. The zero-order valence-corrected chi connectivity index (χ0v) is 19.7. The van der Waals surface area contributed by atoms with Crippen molar-refractivity contribution >= 4 is 38.9 Å². The van der Waals surface area contributed by atoms with Crippen molar-refractivity contribution in [2.45, 2.75) is 18.7 Å². The van der Waals surface area contributed by atoms with Crippen LogP contribution in [0.1, 0.15) is 11.1 Å². The summed E-state index contributed by atoms with van der Waals surface area (Å²) in [5.74, 6) is 0.619. The fourth-order valence-corrected chi connectivity index (χ4v) is 5.20. The topological polar surface area (TPSA) is 84.9 Å². The van der Waals surface area contributed by atoms with Gasteiger partial charge in [0, 0.05) is 16.8 Å². The maximum Gasteiger partial charge on any atom is 0.264 e. The van der Waals surface area contributed by atoms with Crippen molar-refractivity contribution in [2.24, 2.45) is 0 Å². The first-order chi connectivity index (χ1) is 15.7. The standard InChI is InChI=1S/C24H23ClN2O5S/c1-16-3-7-20(8-4-16)33(29,30)27(21-9-5-18(25)13-17(21)2)15-24(28)26-19-6-10-22-23(14-19)32-12-11-31-22/h3-10,13-14H,11-12,15H2,1-2H3,(H,26,28). The molecule has 33 heavy (non-hydrogen) atoms. The van der Waals surface area contributed by atoms with Crippen molar-refractivity contribution in [3.05, 3.63) is 76.8 Å². The fraction of sp³-hybridized carbons (Fsp3) is 0.208. The third-order valence-electron chi connectivity index (χ3n) is 5.15. The summed E-state index contributed by atoms with van der Waals surface area (Å²) in [6.45, 7) is 4.08. The number of rotatable bonds is 6. The molecule has 1 aliphatic heterocycles. The van der Waals surface area contributed by atoms with Crippen LogP contribution in [-0.2, 0) is 14.8 Å². The minimum atomic E-state index is -4.02. The van der Waals surface area contributed by atoms with Gasteiger partial charge in [-0.15, -0.1) is 0 Å². The highest BCUT2D eigenvalue weighted by Crippen LogP contribution is 2.33. The Morgan fingerprint density at radius 2 is 1.67 bits per heavy atom. The van der Waals surface area contributed by atoms with Crippen LogP contribution >= 0.6 is 11.6 Å². The number of nitrogens with zero attached hydrogens (tertiary/aromatic N) is 1. The number of ether oxygens (including phenoxy) is 2. The first-order valence-corrected chi connectivity index (χ1v) is 12.1. The number of nitrogens with one attached hydrogen (secondary N) is 1. The highest BCUT2D eigenvalue weighted by Gasteiger charge is 2.28. The molecule has 172 valence electrons. The molecule has 0 saturated heterocycles. The van der Waals surface area contributed by atoms with Crippen LogP contribution in [-0.4, -0.2) is 34.1 Å². The van der Waals surface area contributed by atoms with E-state index in [1.165, 1.54) is 12.1 Å². The van der Waals surface area contributed by atoms with Gasteiger partial charge in [-0.25, -0.2) is 8.42 Å². The molecule has 1 aliphatic rings. The van der Waals surface area contributed by atoms with Crippen LogP contribution in [0.5, 0.6) is 11.5 Å². The van der Waals surface area contributed by atoms with Gasteiger partial charge in [0.05, 0.1) is 10.6 Å². The second-order valence-corrected chi connectivity index (χ2v) is 9.96. The molecule has 7 nitrogen and oxygen atoms in total. The molecule has 1 amide bonds. The molecule has 0 unspecified atom stereocenters. The Morgan fingerprint density at radius 1 is 0.970 bits per heavy atom. The average Bonchev–Trinajstić information content (AvgIpc) is 2.78. The number of hydrogen-bond acceptors (Lipinski definition) is 5. The summed E-state index contributed by atoms with van der Waals surface area (Å²) >= 11 is 6.07. The first-order valence-electron chi connectivity index (χ1n) is 10.3. The number of amides is 1. The first kappa shape index (κ1) is 22.9. The Hall–Kier alpha value is -3.23. The van der Waals surface area contributed by atoms with Gasteiger partial charge in [-0.3, -0.25) is 9.10 Å². The number of fused-ring (bicyclic) bond motifs is 1. The highest BCUT2D eigenvalue weighted by atomic mass is 35.5. The molecule has 1 N–H and O–H groups in total. The molecule has 3 aromatic carbocycles. The predicted octanol–water partition coefficient (Wildman–Crippen LogP) is 4.56. The quantitative estimate of drug-likeness (QED) is 0.552. The van der Waals surface area contributed by atoms with E-state index < -0.39 is 22.5 Å². The van der Waals surface area contributed by atoms with Crippen molar-refractivity contribution in [3.8, 4) is 11.5 Å². The molecule has 0 spiro atoms. The zero-order valence-electron chi connectivity index (χ0n) is 18.2. The van der Waals surface area contributed by atoms with Crippen molar-refractivity contribution in [1.29, 1.82) is 0 Å². The lowest BCUT2D eigenvalue weighted by Gasteiger charge is -2.26. The van der Waals surface area contributed by atoms with Crippen molar-refractivity contribution in [2.75, 3.05) is 29.4 Å². The van der Waals surface area contributed by atoms with E-state index >= 15 is 0 Å². The molecule has 1 heterocycles. The molecule has 0 fully saturated rings. The van der Waals surface area contributed by atoms with Gasteiger partial charge >= 0.3 is 0 Å². The van der Waals surface area contributed by atoms with Crippen LogP contribution in [0.2, 0.25) is 5.02 Å². The van der Waals surface area contributed by atoms with Gasteiger partial charge in [0.1, 0.15) is 19.8 Å².